The Morgan fingerprint density at radius 1 is 1.12 bits per heavy atom. The van der Waals surface area contributed by atoms with Crippen LogP contribution in [-0.2, 0) is 17.9 Å². The second-order valence-electron chi connectivity index (χ2n) is 5.73. The molecular weight excluding hydrogens is 302 g/mol. The van der Waals surface area contributed by atoms with Crippen LogP contribution in [0.4, 0.5) is 0 Å². The molecule has 0 aromatic heterocycles. The molecule has 0 saturated heterocycles. The van der Waals surface area contributed by atoms with E-state index in [-0.39, 0.29) is 12.5 Å². The molecule has 0 heterocycles. The van der Waals surface area contributed by atoms with Crippen molar-refractivity contribution in [1.82, 2.24) is 10.2 Å². The zero-order valence-electron chi connectivity index (χ0n) is 14.0. The van der Waals surface area contributed by atoms with E-state index in [0.717, 1.165) is 12.1 Å². The fourth-order valence-corrected chi connectivity index (χ4v) is 2.21. The number of nitriles is 1. The quantitative estimate of drug-likeness (QED) is 0.849. The number of amides is 1. The summed E-state index contributed by atoms with van der Waals surface area (Å²) in [6.07, 6.45) is 0. The highest BCUT2D eigenvalue weighted by Gasteiger charge is 2.06. The van der Waals surface area contributed by atoms with Crippen molar-refractivity contribution in [2.45, 2.75) is 13.1 Å². The lowest BCUT2D eigenvalue weighted by Gasteiger charge is -2.11. The van der Waals surface area contributed by atoms with Gasteiger partial charge in [0.25, 0.3) is 5.91 Å². The van der Waals surface area contributed by atoms with Crippen LogP contribution in [0.5, 0.6) is 5.75 Å². The Hall–Kier alpha value is -2.84. The van der Waals surface area contributed by atoms with Crippen LogP contribution in [0.3, 0.4) is 0 Å². The van der Waals surface area contributed by atoms with Gasteiger partial charge in [-0.3, -0.25) is 4.79 Å². The number of carbonyl (C=O) groups is 1. The van der Waals surface area contributed by atoms with Gasteiger partial charge in [0.2, 0.25) is 0 Å². The number of carbonyl (C=O) groups excluding carboxylic acids is 1. The van der Waals surface area contributed by atoms with Crippen LogP contribution >= 0.6 is 0 Å². The van der Waals surface area contributed by atoms with Crippen LogP contribution in [0.2, 0.25) is 0 Å². The van der Waals surface area contributed by atoms with Crippen molar-refractivity contribution in [1.29, 1.82) is 5.26 Å². The van der Waals surface area contributed by atoms with Crippen molar-refractivity contribution in [3.8, 4) is 11.8 Å². The molecule has 0 aliphatic heterocycles. The topological polar surface area (TPSA) is 65.4 Å². The van der Waals surface area contributed by atoms with E-state index >= 15 is 0 Å². The highest BCUT2D eigenvalue weighted by molar-refractivity contribution is 5.77. The molecule has 0 aliphatic carbocycles. The van der Waals surface area contributed by atoms with Gasteiger partial charge in [-0.05, 0) is 37.4 Å². The molecule has 0 bridgehead atoms. The summed E-state index contributed by atoms with van der Waals surface area (Å²) in [6, 6.07) is 17.0. The minimum Gasteiger partial charge on any atom is -0.482 e. The Morgan fingerprint density at radius 2 is 1.79 bits per heavy atom. The molecule has 1 amide bonds. The van der Waals surface area contributed by atoms with Crippen molar-refractivity contribution in [2.24, 2.45) is 0 Å². The van der Waals surface area contributed by atoms with E-state index in [4.69, 9.17) is 10.00 Å². The van der Waals surface area contributed by atoms with Crippen LogP contribution < -0.4 is 10.1 Å². The predicted octanol–water partition coefficient (Wildman–Crippen LogP) is 2.32. The summed E-state index contributed by atoms with van der Waals surface area (Å²) < 4.78 is 5.40. The van der Waals surface area contributed by atoms with Crippen LogP contribution in [0.15, 0.2) is 48.5 Å². The maximum absolute atomic E-state index is 11.9. The summed E-state index contributed by atoms with van der Waals surface area (Å²) in [5.41, 5.74) is 2.68. The molecule has 2 aromatic carbocycles. The van der Waals surface area contributed by atoms with Crippen molar-refractivity contribution < 1.29 is 9.53 Å². The predicted molar refractivity (Wildman–Crippen MR) is 92.3 cm³/mol. The molecule has 5 nitrogen and oxygen atoms in total. The van der Waals surface area contributed by atoms with E-state index in [1.165, 1.54) is 5.56 Å². The standard InChI is InChI=1S/C19H21N3O2/c1-22(2)13-16-9-7-15(8-10-16)12-21-19(23)14-24-18-6-4-3-5-17(18)11-20/h3-10H,12-14H2,1-2H3,(H,21,23). The third-order valence-electron chi connectivity index (χ3n) is 3.38. The van der Waals surface area contributed by atoms with Crippen molar-refractivity contribution >= 4 is 5.91 Å². The number of ether oxygens (including phenoxy) is 1. The second-order valence-corrected chi connectivity index (χ2v) is 5.73. The van der Waals surface area contributed by atoms with Crippen LogP contribution in [0.25, 0.3) is 0 Å². The molecule has 24 heavy (non-hydrogen) atoms. The van der Waals surface area contributed by atoms with Crippen LogP contribution in [-0.4, -0.2) is 31.5 Å². The van der Waals surface area contributed by atoms with Gasteiger partial charge in [-0.15, -0.1) is 0 Å². The van der Waals surface area contributed by atoms with Gasteiger partial charge in [0.1, 0.15) is 11.8 Å². The summed E-state index contributed by atoms with van der Waals surface area (Å²) in [5.74, 6) is 0.197. The zero-order valence-corrected chi connectivity index (χ0v) is 14.0. The first-order valence-corrected chi connectivity index (χ1v) is 7.69. The smallest absolute Gasteiger partial charge is 0.258 e. The van der Waals surface area contributed by atoms with Gasteiger partial charge in [-0.25, -0.2) is 0 Å². The van der Waals surface area contributed by atoms with Crippen LogP contribution in [0.1, 0.15) is 16.7 Å². The molecule has 0 radical (unpaired) electrons. The van der Waals surface area contributed by atoms with E-state index in [1.54, 1.807) is 24.3 Å². The summed E-state index contributed by atoms with van der Waals surface area (Å²) in [5, 5.41) is 11.8. The van der Waals surface area contributed by atoms with Gasteiger partial charge in [0, 0.05) is 13.1 Å². The van der Waals surface area contributed by atoms with Gasteiger partial charge >= 0.3 is 0 Å². The number of hydrogen-bond donors (Lipinski definition) is 1. The molecule has 2 rings (SSSR count). The normalized spacial score (nSPS) is 10.2. The van der Waals surface area contributed by atoms with E-state index in [0.29, 0.717) is 17.9 Å². The molecule has 2 aromatic rings. The largest absolute Gasteiger partial charge is 0.482 e. The lowest BCUT2D eigenvalue weighted by atomic mass is 10.1. The van der Waals surface area contributed by atoms with Gasteiger partial charge in [-0.2, -0.15) is 5.26 Å². The third-order valence-corrected chi connectivity index (χ3v) is 3.38. The molecule has 124 valence electrons. The minimum atomic E-state index is -0.222. The fraction of sp³-hybridized carbons (Fsp3) is 0.263. The zero-order chi connectivity index (χ0) is 17.4. The monoisotopic (exact) mass is 323 g/mol. The van der Waals surface area contributed by atoms with Crippen molar-refractivity contribution in [3.05, 3.63) is 65.2 Å². The lowest BCUT2D eigenvalue weighted by Crippen LogP contribution is -2.28. The SMILES string of the molecule is CN(C)Cc1ccc(CNC(=O)COc2ccccc2C#N)cc1. The number of rotatable bonds is 7. The summed E-state index contributed by atoms with van der Waals surface area (Å²) in [4.78, 5) is 14.0. The molecule has 5 heteroatoms. The number of benzene rings is 2. The number of para-hydroxylation sites is 1. The third kappa shape index (κ3) is 5.41. The first kappa shape index (κ1) is 17.5. The van der Waals surface area contributed by atoms with Crippen LogP contribution in [0, 0.1) is 11.3 Å². The number of nitrogens with zero attached hydrogens (tertiary/aromatic N) is 2. The molecule has 1 N–H and O–H groups in total. The second kappa shape index (κ2) is 8.70. The van der Waals surface area contributed by atoms with Gasteiger partial charge in [0.15, 0.2) is 6.61 Å². The minimum absolute atomic E-state index is 0.114. The first-order valence-electron chi connectivity index (χ1n) is 7.69. The summed E-state index contributed by atoms with van der Waals surface area (Å²) >= 11 is 0. The van der Waals surface area contributed by atoms with E-state index < -0.39 is 0 Å². The van der Waals surface area contributed by atoms with Gasteiger partial charge < -0.3 is 15.0 Å². The Morgan fingerprint density at radius 3 is 2.46 bits per heavy atom. The Labute approximate surface area is 142 Å². The molecule has 0 atom stereocenters. The molecule has 0 unspecified atom stereocenters. The maximum atomic E-state index is 11.9. The first-order chi connectivity index (χ1) is 11.6. The van der Waals surface area contributed by atoms with Crippen molar-refractivity contribution in [2.75, 3.05) is 20.7 Å². The Bertz CT molecular complexity index is 718. The summed E-state index contributed by atoms with van der Waals surface area (Å²) in [6.45, 7) is 1.22. The highest BCUT2D eigenvalue weighted by Crippen LogP contribution is 2.16. The fourth-order valence-electron chi connectivity index (χ4n) is 2.21. The molecule has 0 aliphatic rings. The van der Waals surface area contributed by atoms with Crippen molar-refractivity contribution in [3.63, 3.8) is 0 Å². The van der Waals surface area contributed by atoms with Gasteiger partial charge in [-0.1, -0.05) is 36.4 Å². The average molecular weight is 323 g/mol. The number of hydrogen-bond acceptors (Lipinski definition) is 4. The molecular formula is C19H21N3O2. The average Bonchev–Trinajstić information content (AvgIpc) is 2.59. The number of nitrogens with one attached hydrogen (secondary N) is 1. The Balaban J connectivity index is 1.80. The molecule has 0 fully saturated rings. The molecule has 0 saturated carbocycles. The van der Waals surface area contributed by atoms with E-state index in [2.05, 4.69) is 22.3 Å². The highest BCUT2D eigenvalue weighted by atomic mass is 16.5. The van der Waals surface area contributed by atoms with E-state index in [9.17, 15) is 4.79 Å². The van der Waals surface area contributed by atoms with E-state index in [1.807, 2.05) is 32.3 Å². The lowest BCUT2D eigenvalue weighted by molar-refractivity contribution is -0.123. The Kier molecular flexibility index (Phi) is 6.35. The summed E-state index contributed by atoms with van der Waals surface area (Å²) in [7, 11) is 4.05. The molecule has 0 spiro atoms. The maximum Gasteiger partial charge on any atom is 0.258 e. The van der Waals surface area contributed by atoms with Gasteiger partial charge in [0.05, 0.1) is 5.56 Å².